The van der Waals surface area contributed by atoms with Crippen molar-refractivity contribution in [1.82, 2.24) is 15.3 Å². The molecule has 116 valence electrons. The third kappa shape index (κ3) is 4.26. The topological polar surface area (TPSA) is 85.7 Å². The average Bonchev–Trinajstić information content (AvgIpc) is 2.53. The number of nitrogens with zero attached hydrogens (tertiary/aromatic N) is 2. The SMILES string of the molecule is CNCCNc1ncnc(NCc2cccc(C)c2)c1C=N. The lowest BCUT2D eigenvalue weighted by Crippen LogP contribution is -2.19. The summed E-state index contributed by atoms with van der Waals surface area (Å²) in [5, 5.41) is 17.2. The zero-order chi connectivity index (χ0) is 15.8. The van der Waals surface area contributed by atoms with Crippen LogP contribution < -0.4 is 16.0 Å². The molecule has 4 N–H and O–H groups in total. The Morgan fingerprint density at radius 1 is 1.14 bits per heavy atom. The molecule has 1 aromatic carbocycles. The van der Waals surface area contributed by atoms with E-state index in [4.69, 9.17) is 5.41 Å². The van der Waals surface area contributed by atoms with E-state index < -0.39 is 0 Å². The van der Waals surface area contributed by atoms with Gasteiger partial charge in [-0.05, 0) is 19.5 Å². The van der Waals surface area contributed by atoms with Crippen LogP contribution in [0.5, 0.6) is 0 Å². The summed E-state index contributed by atoms with van der Waals surface area (Å²) >= 11 is 0. The van der Waals surface area contributed by atoms with Gasteiger partial charge in [0.1, 0.15) is 18.0 Å². The normalized spacial score (nSPS) is 10.3. The van der Waals surface area contributed by atoms with Crippen LogP contribution in [0.1, 0.15) is 16.7 Å². The monoisotopic (exact) mass is 298 g/mol. The number of nitrogens with one attached hydrogen (secondary N) is 4. The Bertz CT molecular complexity index is 626. The van der Waals surface area contributed by atoms with Crippen molar-refractivity contribution in [3.05, 3.63) is 47.3 Å². The van der Waals surface area contributed by atoms with Crippen LogP contribution in [-0.2, 0) is 6.54 Å². The van der Waals surface area contributed by atoms with Crippen LogP contribution in [0.25, 0.3) is 0 Å². The Hall–Kier alpha value is -2.47. The highest BCUT2D eigenvalue weighted by molar-refractivity contribution is 5.90. The molecule has 0 atom stereocenters. The van der Waals surface area contributed by atoms with Crippen LogP contribution in [0.15, 0.2) is 30.6 Å². The summed E-state index contributed by atoms with van der Waals surface area (Å²) in [5.41, 5.74) is 3.08. The minimum Gasteiger partial charge on any atom is -0.368 e. The summed E-state index contributed by atoms with van der Waals surface area (Å²) in [6.07, 6.45) is 2.79. The van der Waals surface area contributed by atoms with Crippen LogP contribution in [0.2, 0.25) is 0 Å². The predicted octanol–water partition coefficient (Wildman–Crippen LogP) is 2.03. The molecule has 0 spiro atoms. The molecule has 1 aromatic heterocycles. The van der Waals surface area contributed by atoms with E-state index in [-0.39, 0.29) is 0 Å². The predicted molar refractivity (Wildman–Crippen MR) is 90.8 cm³/mol. The van der Waals surface area contributed by atoms with Gasteiger partial charge in [0.15, 0.2) is 0 Å². The van der Waals surface area contributed by atoms with E-state index >= 15 is 0 Å². The molecule has 0 saturated carbocycles. The Labute approximate surface area is 130 Å². The van der Waals surface area contributed by atoms with Gasteiger partial charge in [0.05, 0.1) is 5.56 Å². The molecule has 6 nitrogen and oxygen atoms in total. The first-order chi connectivity index (χ1) is 10.7. The molecule has 0 bridgehead atoms. The van der Waals surface area contributed by atoms with Gasteiger partial charge in [-0.2, -0.15) is 0 Å². The van der Waals surface area contributed by atoms with Gasteiger partial charge in [0.25, 0.3) is 0 Å². The molecule has 0 aliphatic rings. The summed E-state index contributed by atoms with van der Waals surface area (Å²) in [5.74, 6) is 1.34. The molecule has 6 heteroatoms. The maximum absolute atomic E-state index is 7.62. The van der Waals surface area contributed by atoms with Gasteiger partial charge in [-0.25, -0.2) is 9.97 Å². The summed E-state index contributed by atoms with van der Waals surface area (Å²) in [7, 11) is 1.90. The van der Waals surface area contributed by atoms with Crippen LogP contribution in [0.4, 0.5) is 11.6 Å². The molecule has 0 saturated heterocycles. The summed E-state index contributed by atoms with van der Waals surface area (Å²) in [4.78, 5) is 8.46. The van der Waals surface area contributed by atoms with E-state index in [0.29, 0.717) is 23.7 Å². The number of aryl methyl sites for hydroxylation is 1. The fourth-order valence-corrected chi connectivity index (χ4v) is 2.13. The first kappa shape index (κ1) is 15.9. The van der Waals surface area contributed by atoms with Crippen molar-refractivity contribution >= 4 is 17.9 Å². The Morgan fingerprint density at radius 2 is 1.91 bits per heavy atom. The first-order valence-electron chi connectivity index (χ1n) is 7.28. The number of hydrogen-bond donors (Lipinski definition) is 4. The second-order valence-electron chi connectivity index (χ2n) is 5.00. The molecule has 2 rings (SSSR count). The van der Waals surface area contributed by atoms with Crippen LogP contribution in [0.3, 0.4) is 0 Å². The number of hydrogen-bond acceptors (Lipinski definition) is 6. The average molecular weight is 298 g/mol. The molecule has 0 unspecified atom stereocenters. The summed E-state index contributed by atoms with van der Waals surface area (Å²) in [6.45, 7) is 4.30. The lowest BCUT2D eigenvalue weighted by atomic mass is 10.1. The highest BCUT2D eigenvalue weighted by Crippen LogP contribution is 2.18. The number of likely N-dealkylation sites (N-methyl/N-ethyl adjacent to an activating group) is 1. The number of rotatable bonds is 8. The maximum Gasteiger partial charge on any atom is 0.140 e. The molecule has 22 heavy (non-hydrogen) atoms. The Morgan fingerprint density at radius 3 is 2.59 bits per heavy atom. The van der Waals surface area contributed by atoms with E-state index in [2.05, 4.69) is 51.0 Å². The van der Waals surface area contributed by atoms with E-state index in [1.54, 1.807) is 0 Å². The van der Waals surface area contributed by atoms with E-state index in [1.807, 2.05) is 13.1 Å². The zero-order valence-electron chi connectivity index (χ0n) is 13.0. The van der Waals surface area contributed by atoms with Crippen molar-refractivity contribution in [3.8, 4) is 0 Å². The highest BCUT2D eigenvalue weighted by Gasteiger charge is 2.08. The fourth-order valence-electron chi connectivity index (χ4n) is 2.13. The van der Waals surface area contributed by atoms with Crippen molar-refractivity contribution in [3.63, 3.8) is 0 Å². The van der Waals surface area contributed by atoms with E-state index in [1.165, 1.54) is 23.7 Å². The highest BCUT2D eigenvalue weighted by atomic mass is 15.1. The van der Waals surface area contributed by atoms with Crippen molar-refractivity contribution in [2.24, 2.45) is 0 Å². The molecule has 2 aromatic rings. The molecule has 0 aliphatic heterocycles. The maximum atomic E-state index is 7.62. The summed E-state index contributed by atoms with van der Waals surface area (Å²) in [6, 6.07) is 8.30. The second kappa shape index (κ2) is 8.09. The molecule has 0 aliphatic carbocycles. The minimum atomic E-state index is 0.662. The largest absolute Gasteiger partial charge is 0.368 e. The Balaban J connectivity index is 2.09. The molecular weight excluding hydrogens is 276 g/mol. The first-order valence-corrected chi connectivity index (χ1v) is 7.28. The minimum absolute atomic E-state index is 0.662. The zero-order valence-corrected chi connectivity index (χ0v) is 13.0. The Kier molecular flexibility index (Phi) is 5.85. The van der Waals surface area contributed by atoms with E-state index in [9.17, 15) is 0 Å². The van der Waals surface area contributed by atoms with Gasteiger partial charge < -0.3 is 21.4 Å². The quantitative estimate of drug-likeness (QED) is 0.442. The molecule has 0 fully saturated rings. The van der Waals surface area contributed by atoms with Gasteiger partial charge in [-0.15, -0.1) is 0 Å². The fraction of sp³-hybridized carbons (Fsp3) is 0.312. The molecule has 1 heterocycles. The lowest BCUT2D eigenvalue weighted by molar-refractivity contribution is 0.820. The van der Waals surface area contributed by atoms with Crippen molar-refractivity contribution < 1.29 is 0 Å². The molecule has 0 radical (unpaired) electrons. The van der Waals surface area contributed by atoms with Crippen LogP contribution in [-0.4, -0.2) is 36.3 Å². The number of aromatic nitrogens is 2. The molecule has 0 amide bonds. The van der Waals surface area contributed by atoms with Gasteiger partial charge in [0, 0.05) is 25.8 Å². The van der Waals surface area contributed by atoms with Crippen molar-refractivity contribution in [1.29, 1.82) is 5.41 Å². The summed E-state index contributed by atoms with van der Waals surface area (Å²) < 4.78 is 0. The molecular formula is C16H22N6. The van der Waals surface area contributed by atoms with Crippen LogP contribution in [0, 0.1) is 12.3 Å². The van der Waals surface area contributed by atoms with E-state index in [0.717, 1.165) is 13.1 Å². The second-order valence-corrected chi connectivity index (χ2v) is 5.00. The smallest absolute Gasteiger partial charge is 0.140 e. The third-order valence-corrected chi connectivity index (χ3v) is 3.24. The van der Waals surface area contributed by atoms with Crippen molar-refractivity contribution in [2.45, 2.75) is 13.5 Å². The number of benzene rings is 1. The van der Waals surface area contributed by atoms with Gasteiger partial charge >= 0.3 is 0 Å². The third-order valence-electron chi connectivity index (χ3n) is 3.24. The van der Waals surface area contributed by atoms with Gasteiger partial charge in [-0.3, -0.25) is 0 Å². The van der Waals surface area contributed by atoms with Gasteiger partial charge in [-0.1, -0.05) is 29.8 Å². The van der Waals surface area contributed by atoms with Gasteiger partial charge in [0.2, 0.25) is 0 Å². The van der Waals surface area contributed by atoms with Crippen molar-refractivity contribution in [2.75, 3.05) is 30.8 Å². The lowest BCUT2D eigenvalue weighted by Gasteiger charge is -2.13. The van der Waals surface area contributed by atoms with Crippen LogP contribution >= 0.6 is 0 Å². The number of anilines is 2. The standard InChI is InChI=1S/C16H22N6/c1-12-4-3-5-13(8-12)10-20-16-14(9-17)15(21-11-22-16)19-7-6-18-2/h3-5,8-9,11,17-18H,6-7,10H2,1-2H3,(H2,19,20,21,22).